The predicted octanol–water partition coefficient (Wildman–Crippen LogP) is 1.63. The summed E-state index contributed by atoms with van der Waals surface area (Å²) in [4.78, 5) is 14.4. The van der Waals surface area contributed by atoms with Crippen LogP contribution in [0.3, 0.4) is 0 Å². The van der Waals surface area contributed by atoms with Crippen molar-refractivity contribution in [2.75, 3.05) is 14.1 Å². The summed E-state index contributed by atoms with van der Waals surface area (Å²) in [6.45, 7) is 3.78. The van der Waals surface area contributed by atoms with Gasteiger partial charge in [0.1, 0.15) is 0 Å². The van der Waals surface area contributed by atoms with Gasteiger partial charge in [-0.3, -0.25) is 9.89 Å². The first-order valence-corrected chi connectivity index (χ1v) is 7.00. The van der Waals surface area contributed by atoms with Crippen molar-refractivity contribution in [1.29, 1.82) is 0 Å². The minimum atomic E-state index is 0.0941. The second-order valence-corrected chi connectivity index (χ2v) is 5.52. The number of H-pyrrole nitrogens is 1. The van der Waals surface area contributed by atoms with Gasteiger partial charge >= 0.3 is 0 Å². The van der Waals surface area contributed by atoms with Crippen molar-refractivity contribution in [2.24, 2.45) is 0 Å². The summed E-state index contributed by atoms with van der Waals surface area (Å²) in [5.41, 5.74) is 2.38. The molecule has 0 unspecified atom stereocenters. The van der Waals surface area contributed by atoms with E-state index in [0.717, 1.165) is 42.6 Å². The molecular formula is C14H24N4O. The number of amides is 1. The fourth-order valence-corrected chi connectivity index (χ4v) is 2.96. The molecule has 1 aliphatic carbocycles. The van der Waals surface area contributed by atoms with E-state index in [1.807, 2.05) is 32.8 Å². The van der Waals surface area contributed by atoms with Crippen LogP contribution in [0.15, 0.2) is 0 Å². The second-order valence-electron chi connectivity index (χ2n) is 5.52. The molecule has 0 radical (unpaired) electrons. The topological polar surface area (TPSA) is 61.0 Å². The molecule has 2 rings (SSSR count). The van der Waals surface area contributed by atoms with Crippen LogP contribution >= 0.6 is 0 Å². The summed E-state index contributed by atoms with van der Waals surface area (Å²) in [5.74, 6) is 0.0941. The number of rotatable bonds is 3. The maximum absolute atomic E-state index is 12.5. The van der Waals surface area contributed by atoms with Gasteiger partial charge in [0.25, 0.3) is 5.91 Å². The molecule has 106 valence electrons. The minimum Gasteiger partial charge on any atom is -0.339 e. The van der Waals surface area contributed by atoms with Gasteiger partial charge in [-0.15, -0.1) is 0 Å². The van der Waals surface area contributed by atoms with E-state index in [2.05, 4.69) is 15.5 Å². The lowest BCUT2D eigenvalue weighted by atomic mass is 9.90. The first kappa shape index (κ1) is 14.1. The fraction of sp³-hybridized carbons (Fsp3) is 0.714. The van der Waals surface area contributed by atoms with Crippen molar-refractivity contribution in [3.63, 3.8) is 0 Å². The maximum atomic E-state index is 12.5. The second kappa shape index (κ2) is 5.74. The standard InChI is InChI=1S/C14H24N4O/c1-9-13(10(2)17-16-9)14(19)18(4)12-7-5-11(15-3)6-8-12/h11-12,15H,5-8H2,1-4H3,(H,16,17). The zero-order chi connectivity index (χ0) is 14.0. The summed E-state index contributed by atoms with van der Waals surface area (Å²) in [7, 11) is 3.93. The van der Waals surface area contributed by atoms with Crippen LogP contribution in [0.25, 0.3) is 0 Å². The number of hydrogen-bond donors (Lipinski definition) is 2. The summed E-state index contributed by atoms with van der Waals surface area (Å²) in [6.07, 6.45) is 4.43. The monoisotopic (exact) mass is 264 g/mol. The maximum Gasteiger partial charge on any atom is 0.257 e. The Labute approximate surface area is 114 Å². The van der Waals surface area contributed by atoms with E-state index < -0.39 is 0 Å². The molecule has 0 saturated heterocycles. The lowest BCUT2D eigenvalue weighted by Gasteiger charge is -2.34. The van der Waals surface area contributed by atoms with Gasteiger partial charge in [-0.1, -0.05) is 0 Å². The average molecular weight is 264 g/mol. The number of nitrogens with zero attached hydrogens (tertiary/aromatic N) is 2. The molecule has 1 aromatic rings. The molecule has 1 aromatic heterocycles. The summed E-state index contributed by atoms with van der Waals surface area (Å²) in [5, 5.41) is 10.3. The highest BCUT2D eigenvalue weighted by molar-refractivity contribution is 5.96. The lowest BCUT2D eigenvalue weighted by molar-refractivity contribution is 0.0684. The van der Waals surface area contributed by atoms with E-state index in [0.29, 0.717) is 12.1 Å². The van der Waals surface area contributed by atoms with E-state index >= 15 is 0 Å². The summed E-state index contributed by atoms with van der Waals surface area (Å²) < 4.78 is 0. The van der Waals surface area contributed by atoms with Crippen molar-refractivity contribution in [3.05, 3.63) is 17.0 Å². The molecule has 2 N–H and O–H groups in total. The van der Waals surface area contributed by atoms with E-state index in [1.165, 1.54) is 0 Å². The average Bonchev–Trinajstić information content (AvgIpc) is 2.77. The van der Waals surface area contributed by atoms with E-state index in [1.54, 1.807) is 0 Å². The highest BCUT2D eigenvalue weighted by Crippen LogP contribution is 2.24. The number of carbonyl (C=O) groups excluding carboxylic acids is 1. The van der Waals surface area contributed by atoms with Crippen molar-refractivity contribution in [3.8, 4) is 0 Å². The van der Waals surface area contributed by atoms with Gasteiger partial charge < -0.3 is 10.2 Å². The Hall–Kier alpha value is -1.36. The van der Waals surface area contributed by atoms with Gasteiger partial charge in [0.05, 0.1) is 11.3 Å². The normalized spacial score (nSPS) is 23.4. The Morgan fingerprint density at radius 1 is 1.32 bits per heavy atom. The Morgan fingerprint density at radius 3 is 2.42 bits per heavy atom. The number of aromatic nitrogens is 2. The first-order chi connectivity index (χ1) is 9.04. The van der Waals surface area contributed by atoms with Gasteiger partial charge in [0, 0.05) is 24.8 Å². The number of carbonyl (C=O) groups is 1. The lowest BCUT2D eigenvalue weighted by Crippen LogP contribution is -2.42. The van der Waals surface area contributed by atoms with Crippen molar-refractivity contribution in [1.82, 2.24) is 20.4 Å². The first-order valence-electron chi connectivity index (χ1n) is 7.00. The van der Waals surface area contributed by atoms with Gasteiger partial charge in [-0.05, 0) is 46.6 Å². The molecule has 1 saturated carbocycles. The number of hydrogen-bond acceptors (Lipinski definition) is 3. The SMILES string of the molecule is CNC1CCC(N(C)C(=O)c2c(C)n[nH]c2C)CC1. The smallest absolute Gasteiger partial charge is 0.257 e. The molecule has 0 aromatic carbocycles. The number of aryl methyl sites for hydroxylation is 2. The largest absolute Gasteiger partial charge is 0.339 e. The van der Waals surface area contributed by atoms with Gasteiger partial charge in [0.2, 0.25) is 0 Å². The van der Waals surface area contributed by atoms with Crippen LogP contribution in [-0.2, 0) is 0 Å². The molecule has 1 amide bonds. The third kappa shape index (κ3) is 2.81. The molecule has 1 fully saturated rings. The Kier molecular flexibility index (Phi) is 4.24. The molecule has 0 spiro atoms. The third-order valence-electron chi connectivity index (χ3n) is 4.32. The van der Waals surface area contributed by atoms with Crippen LogP contribution in [0.5, 0.6) is 0 Å². The summed E-state index contributed by atoms with van der Waals surface area (Å²) in [6, 6.07) is 0.961. The van der Waals surface area contributed by atoms with Crippen LogP contribution in [0.4, 0.5) is 0 Å². The molecule has 0 atom stereocenters. The molecule has 19 heavy (non-hydrogen) atoms. The zero-order valence-electron chi connectivity index (χ0n) is 12.3. The Morgan fingerprint density at radius 2 is 1.95 bits per heavy atom. The van der Waals surface area contributed by atoms with Crippen molar-refractivity contribution in [2.45, 2.75) is 51.6 Å². The highest BCUT2D eigenvalue weighted by atomic mass is 16.2. The molecule has 5 heteroatoms. The molecule has 0 bridgehead atoms. The summed E-state index contributed by atoms with van der Waals surface area (Å²) >= 11 is 0. The van der Waals surface area contributed by atoms with Crippen LogP contribution in [0.2, 0.25) is 0 Å². The molecular weight excluding hydrogens is 240 g/mol. The minimum absolute atomic E-state index is 0.0941. The van der Waals surface area contributed by atoms with Crippen molar-refractivity contribution >= 4 is 5.91 Å². The zero-order valence-corrected chi connectivity index (χ0v) is 12.3. The van der Waals surface area contributed by atoms with Gasteiger partial charge in [-0.25, -0.2) is 0 Å². The van der Waals surface area contributed by atoms with Crippen LogP contribution < -0.4 is 5.32 Å². The fourth-order valence-electron chi connectivity index (χ4n) is 2.96. The van der Waals surface area contributed by atoms with E-state index in [4.69, 9.17) is 0 Å². The predicted molar refractivity (Wildman–Crippen MR) is 75.3 cm³/mol. The van der Waals surface area contributed by atoms with E-state index in [-0.39, 0.29) is 5.91 Å². The van der Waals surface area contributed by atoms with Gasteiger partial charge in [0.15, 0.2) is 0 Å². The number of nitrogens with one attached hydrogen (secondary N) is 2. The third-order valence-corrected chi connectivity index (χ3v) is 4.32. The molecule has 0 aliphatic heterocycles. The van der Waals surface area contributed by atoms with Gasteiger partial charge in [-0.2, -0.15) is 5.10 Å². The quantitative estimate of drug-likeness (QED) is 0.872. The molecule has 5 nitrogen and oxygen atoms in total. The number of aromatic amines is 1. The van der Waals surface area contributed by atoms with Crippen LogP contribution in [0.1, 0.15) is 47.4 Å². The Bertz CT molecular complexity index is 427. The van der Waals surface area contributed by atoms with E-state index in [9.17, 15) is 4.79 Å². The Balaban J connectivity index is 2.04. The van der Waals surface area contributed by atoms with Crippen LogP contribution in [-0.4, -0.2) is 47.2 Å². The molecule has 1 aliphatic rings. The highest BCUT2D eigenvalue weighted by Gasteiger charge is 2.28. The molecule has 1 heterocycles. The van der Waals surface area contributed by atoms with Crippen LogP contribution in [0, 0.1) is 13.8 Å². The van der Waals surface area contributed by atoms with Crippen molar-refractivity contribution < 1.29 is 4.79 Å².